The Morgan fingerprint density at radius 3 is 2.33 bits per heavy atom. The topological polar surface area (TPSA) is 79.3 Å². The summed E-state index contributed by atoms with van der Waals surface area (Å²) >= 11 is 0. The van der Waals surface area contributed by atoms with Gasteiger partial charge in [0.25, 0.3) is 11.7 Å². The van der Waals surface area contributed by atoms with Crippen LogP contribution in [0.3, 0.4) is 0 Å². The van der Waals surface area contributed by atoms with Crippen molar-refractivity contribution in [2.45, 2.75) is 46.6 Å². The van der Waals surface area contributed by atoms with Crippen molar-refractivity contribution in [1.82, 2.24) is 9.80 Å². The summed E-state index contributed by atoms with van der Waals surface area (Å²) in [6.07, 6.45) is 1.57. The van der Waals surface area contributed by atoms with Crippen molar-refractivity contribution in [2.75, 3.05) is 39.9 Å². The number of benzene rings is 2. The molecule has 2 aromatic carbocycles. The van der Waals surface area contributed by atoms with E-state index in [4.69, 9.17) is 9.47 Å². The zero-order valence-electron chi connectivity index (χ0n) is 22.0. The van der Waals surface area contributed by atoms with Crippen LogP contribution >= 0.6 is 0 Å². The Kier molecular flexibility index (Phi) is 9.53. The van der Waals surface area contributed by atoms with Crippen molar-refractivity contribution in [3.05, 3.63) is 64.7 Å². The number of likely N-dealkylation sites (tertiary alicyclic amines) is 1. The SMILES string of the molecule is CCCOc1ccc([C@@H]2/C(=C(\O)c3ccc(C)cc3)C(=O)C(=O)N2CCCN(CC)CC)cc1OC. The van der Waals surface area contributed by atoms with Gasteiger partial charge in [0.1, 0.15) is 5.76 Å². The lowest BCUT2D eigenvalue weighted by Gasteiger charge is -2.27. The Morgan fingerprint density at radius 2 is 1.72 bits per heavy atom. The molecule has 0 radical (unpaired) electrons. The number of aliphatic hydroxyl groups is 1. The summed E-state index contributed by atoms with van der Waals surface area (Å²) < 4.78 is 11.4. The number of hydrogen-bond donors (Lipinski definition) is 1. The molecule has 1 aliphatic heterocycles. The molecular formula is C29H38N2O5. The van der Waals surface area contributed by atoms with E-state index in [2.05, 4.69) is 18.7 Å². The van der Waals surface area contributed by atoms with E-state index in [1.54, 1.807) is 36.3 Å². The van der Waals surface area contributed by atoms with Crippen LogP contribution in [0.1, 0.15) is 56.3 Å². The van der Waals surface area contributed by atoms with Gasteiger partial charge in [0.15, 0.2) is 11.5 Å². The molecule has 2 aromatic rings. The molecule has 0 unspecified atom stereocenters. The summed E-state index contributed by atoms with van der Waals surface area (Å²) in [6, 6.07) is 12.0. The van der Waals surface area contributed by atoms with Gasteiger partial charge in [-0.15, -0.1) is 0 Å². The third kappa shape index (κ3) is 5.90. The van der Waals surface area contributed by atoms with Crippen molar-refractivity contribution >= 4 is 17.4 Å². The largest absolute Gasteiger partial charge is 0.507 e. The van der Waals surface area contributed by atoms with Gasteiger partial charge < -0.3 is 24.4 Å². The van der Waals surface area contributed by atoms with Crippen LogP contribution in [0, 0.1) is 6.92 Å². The van der Waals surface area contributed by atoms with E-state index in [1.165, 1.54) is 0 Å². The standard InChI is InChI=1S/C29H38N2O5/c1-6-18-36-23-15-14-22(19-24(23)35-5)26-25(27(32)21-12-10-20(4)11-13-21)28(33)29(34)31(26)17-9-16-30(7-2)8-3/h10-15,19,26,32H,6-9,16-18H2,1-5H3/b27-25+/t26-/m1/s1. The molecule has 1 N–H and O–H groups in total. The van der Waals surface area contributed by atoms with Gasteiger partial charge in [0, 0.05) is 12.1 Å². The maximum Gasteiger partial charge on any atom is 0.295 e. The third-order valence-corrected chi connectivity index (χ3v) is 6.60. The average Bonchev–Trinajstić information content (AvgIpc) is 3.14. The predicted octanol–water partition coefficient (Wildman–Crippen LogP) is 4.95. The van der Waals surface area contributed by atoms with E-state index >= 15 is 0 Å². The lowest BCUT2D eigenvalue weighted by atomic mass is 9.94. The molecule has 1 fully saturated rings. The van der Waals surface area contributed by atoms with Crippen molar-refractivity contribution in [3.8, 4) is 11.5 Å². The molecule has 7 heteroatoms. The Morgan fingerprint density at radius 1 is 1.03 bits per heavy atom. The van der Waals surface area contributed by atoms with Gasteiger partial charge >= 0.3 is 0 Å². The van der Waals surface area contributed by atoms with Crippen molar-refractivity contribution in [1.29, 1.82) is 0 Å². The molecule has 1 atom stereocenters. The number of aryl methyl sites for hydroxylation is 1. The lowest BCUT2D eigenvalue weighted by Crippen LogP contribution is -2.33. The maximum absolute atomic E-state index is 13.3. The molecule has 36 heavy (non-hydrogen) atoms. The molecule has 194 valence electrons. The molecule has 0 aromatic heterocycles. The molecule has 1 amide bonds. The first kappa shape index (κ1) is 27.3. The second-order valence-electron chi connectivity index (χ2n) is 9.00. The van der Waals surface area contributed by atoms with Crippen LogP contribution in [0.4, 0.5) is 0 Å². The van der Waals surface area contributed by atoms with Crippen LogP contribution in [-0.2, 0) is 9.59 Å². The number of hydrogen-bond acceptors (Lipinski definition) is 6. The Hall–Kier alpha value is -3.32. The number of ether oxygens (including phenoxy) is 2. The van der Waals surface area contributed by atoms with E-state index in [0.717, 1.165) is 31.6 Å². The van der Waals surface area contributed by atoms with Crippen LogP contribution in [-0.4, -0.2) is 66.5 Å². The normalized spacial score (nSPS) is 17.2. The van der Waals surface area contributed by atoms with Crippen molar-refractivity contribution in [2.24, 2.45) is 0 Å². The molecule has 1 aliphatic rings. The fourth-order valence-corrected chi connectivity index (χ4v) is 4.51. The van der Waals surface area contributed by atoms with Gasteiger partial charge in [-0.1, -0.05) is 56.7 Å². The molecule has 3 rings (SSSR count). The smallest absolute Gasteiger partial charge is 0.295 e. The highest BCUT2D eigenvalue weighted by molar-refractivity contribution is 6.46. The first-order chi connectivity index (χ1) is 17.4. The summed E-state index contributed by atoms with van der Waals surface area (Å²) in [5.41, 5.74) is 2.32. The van der Waals surface area contributed by atoms with Gasteiger partial charge in [-0.25, -0.2) is 0 Å². The first-order valence-corrected chi connectivity index (χ1v) is 12.7. The Balaban J connectivity index is 2.07. The zero-order valence-corrected chi connectivity index (χ0v) is 22.0. The monoisotopic (exact) mass is 494 g/mol. The zero-order chi connectivity index (χ0) is 26.2. The van der Waals surface area contributed by atoms with Gasteiger partial charge in [0.2, 0.25) is 0 Å². The summed E-state index contributed by atoms with van der Waals surface area (Å²) in [5.74, 6) is -0.329. The highest BCUT2D eigenvalue weighted by Crippen LogP contribution is 2.42. The first-order valence-electron chi connectivity index (χ1n) is 12.7. The number of aliphatic hydroxyl groups excluding tert-OH is 1. The van der Waals surface area contributed by atoms with E-state index in [1.807, 2.05) is 32.0 Å². The molecule has 0 aliphatic carbocycles. The summed E-state index contributed by atoms with van der Waals surface area (Å²) in [6.45, 7) is 11.8. The Bertz CT molecular complexity index is 1090. The minimum atomic E-state index is -0.725. The number of ketones is 1. The second-order valence-corrected chi connectivity index (χ2v) is 9.00. The number of Topliss-reactive ketones (excluding diaryl/α,β-unsaturated/α-hetero) is 1. The minimum Gasteiger partial charge on any atom is -0.507 e. The number of rotatable bonds is 12. The minimum absolute atomic E-state index is 0.0935. The van der Waals surface area contributed by atoms with Crippen molar-refractivity contribution < 1.29 is 24.2 Å². The van der Waals surface area contributed by atoms with E-state index < -0.39 is 17.7 Å². The highest BCUT2D eigenvalue weighted by Gasteiger charge is 2.46. The van der Waals surface area contributed by atoms with Crippen LogP contribution in [0.5, 0.6) is 11.5 Å². The van der Waals surface area contributed by atoms with Gasteiger partial charge in [-0.3, -0.25) is 9.59 Å². The highest BCUT2D eigenvalue weighted by atomic mass is 16.5. The quantitative estimate of drug-likeness (QED) is 0.256. The third-order valence-electron chi connectivity index (χ3n) is 6.60. The fourth-order valence-electron chi connectivity index (χ4n) is 4.51. The number of carbonyl (C=O) groups is 2. The molecule has 0 spiro atoms. The van der Waals surface area contributed by atoms with Gasteiger partial charge in [-0.05, 0) is 57.1 Å². The van der Waals surface area contributed by atoms with Crippen LogP contribution in [0.2, 0.25) is 0 Å². The number of amides is 1. The molecular weight excluding hydrogens is 456 g/mol. The van der Waals surface area contributed by atoms with E-state index in [0.29, 0.717) is 42.2 Å². The summed E-state index contributed by atoms with van der Waals surface area (Å²) in [7, 11) is 1.56. The summed E-state index contributed by atoms with van der Waals surface area (Å²) in [4.78, 5) is 30.4. The summed E-state index contributed by atoms with van der Waals surface area (Å²) in [5, 5.41) is 11.3. The molecule has 1 heterocycles. The van der Waals surface area contributed by atoms with Crippen LogP contribution < -0.4 is 9.47 Å². The lowest BCUT2D eigenvalue weighted by molar-refractivity contribution is -0.140. The molecule has 0 saturated carbocycles. The predicted molar refractivity (Wildman–Crippen MR) is 141 cm³/mol. The molecule has 0 bridgehead atoms. The van der Waals surface area contributed by atoms with E-state index in [9.17, 15) is 14.7 Å². The van der Waals surface area contributed by atoms with Gasteiger partial charge in [-0.2, -0.15) is 0 Å². The number of nitrogens with zero attached hydrogens (tertiary/aromatic N) is 2. The van der Waals surface area contributed by atoms with Crippen molar-refractivity contribution in [3.63, 3.8) is 0 Å². The maximum atomic E-state index is 13.3. The number of methoxy groups -OCH3 is 1. The number of carbonyl (C=O) groups excluding carboxylic acids is 2. The van der Waals surface area contributed by atoms with Crippen LogP contribution in [0.25, 0.3) is 5.76 Å². The molecule has 1 saturated heterocycles. The Labute approximate surface area is 214 Å². The second kappa shape index (κ2) is 12.6. The molecule has 7 nitrogen and oxygen atoms in total. The fraction of sp³-hybridized carbons (Fsp3) is 0.448. The van der Waals surface area contributed by atoms with Crippen LogP contribution in [0.15, 0.2) is 48.0 Å². The van der Waals surface area contributed by atoms with Gasteiger partial charge in [0.05, 0.1) is 25.3 Å². The average molecular weight is 495 g/mol. The van der Waals surface area contributed by atoms with E-state index in [-0.39, 0.29) is 11.3 Å².